The number of rotatable bonds is 6. The van der Waals surface area contributed by atoms with Crippen molar-refractivity contribution >= 4 is 16.5 Å². The van der Waals surface area contributed by atoms with Crippen molar-refractivity contribution < 1.29 is 14.2 Å². The van der Waals surface area contributed by atoms with Gasteiger partial charge in [-0.2, -0.15) is 0 Å². The van der Waals surface area contributed by atoms with Crippen molar-refractivity contribution in [3.05, 3.63) is 23.2 Å². The largest absolute Gasteiger partial charge is 0.496 e. The lowest BCUT2D eigenvalue weighted by Crippen LogP contribution is -1.96. The molecule has 0 saturated carbocycles. The van der Waals surface area contributed by atoms with E-state index in [4.69, 9.17) is 14.2 Å². The summed E-state index contributed by atoms with van der Waals surface area (Å²) in [5.41, 5.74) is 0. The Morgan fingerprint density at radius 3 is 2.21 bits per heavy atom. The first-order chi connectivity index (χ1) is 9.25. The van der Waals surface area contributed by atoms with Crippen molar-refractivity contribution in [1.82, 2.24) is 10.2 Å². The van der Waals surface area contributed by atoms with Crippen LogP contribution in [0.4, 0.5) is 5.13 Å². The third-order valence-electron chi connectivity index (χ3n) is 2.37. The van der Waals surface area contributed by atoms with Crippen LogP contribution < -0.4 is 19.5 Å². The van der Waals surface area contributed by atoms with Gasteiger partial charge in [0.15, 0.2) is 5.01 Å². The molecule has 0 aliphatic rings. The van der Waals surface area contributed by atoms with Crippen LogP contribution in [0.25, 0.3) is 0 Å². The van der Waals surface area contributed by atoms with Crippen LogP contribution in [-0.4, -0.2) is 31.5 Å². The van der Waals surface area contributed by atoms with Gasteiger partial charge in [-0.05, 0) is 0 Å². The summed E-state index contributed by atoms with van der Waals surface area (Å²) in [4.78, 5) is 0. The van der Waals surface area contributed by atoms with Gasteiger partial charge in [0.1, 0.15) is 23.9 Å². The average Bonchev–Trinajstić information content (AvgIpc) is 2.92. The van der Waals surface area contributed by atoms with Gasteiger partial charge in [-0.1, -0.05) is 11.3 Å². The number of hydrogen-bond donors (Lipinski definition) is 1. The fourth-order valence-corrected chi connectivity index (χ4v) is 2.03. The van der Waals surface area contributed by atoms with Crippen LogP contribution in [0, 0.1) is 0 Å². The molecule has 19 heavy (non-hydrogen) atoms. The Bertz CT molecular complexity index is 523. The maximum atomic E-state index is 5.66. The molecule has 0 bridgehead atoms. The second-order valence-electron chi connectivity index (χ2n) is 3.59. The molecule has 2 aromatic rings. The van der Waals surface area contributed by atoms with Gasteiger partial charge in [0.05, 0.1) is 14.2 Å². The zero-order valence-corrected chi connectivity index (χ0v) is 11.8. The van der Waals surface area contributed by atoms with E-state index < -0.39 is 0 Å². The topological polar surface area (TPSA) is 65.5 Å². The number of methoxy groups -OCH3 is 2. The minimum atomic E-state index is 0.357. The molecule has 0 amide bonds. The van der Waals surface area contributed by atoms with Gasteiger partial charge in [0, 0.05) is 25.2 Å². The highest BCUT2D eigenvalue weighted by molar-refractivity contribution is 7.15. The van der Waals surface area contributed by atoms with Gasteiger partial charge >= 0.3 is 0 Å². The summed E-state index contributed by atoms with van der Waals surface area (Å²) < 4.78 is 16.0. The normalized spacial score (nSPS) is 10.1. The monoisotopic (exact) mass is 281 g/mol. The highest BCUT2D eigenvalue weighted by Gasteiger charge is 2.06. The van der Waals surface area contributed by atoms with Crippen molar-refractivity contribution in [1.29, 1.82) is 0 Å². The van der Waals surface area contributed by atoms with E-state index in [-0.39, 0.29) is 0 Å². The molecule has 1 aromatic heterocycles. The predicted molar refractivity (Wildman–Crippen MR) is 73.3 cm³/mol. The zero-order valence-electron chi connectivity index (χ0n) is 11.0. The van der Waals surface area contributed by atoms with Crippen LogP contribution in [-0.2, 0) is 6.61 Å². The Hall–Kier alpha value is -2.02. The number of nitrogens with zero attached hydrogens (tertiary/aromatic N) is 2. The number of nitrogens with one attached hydrogen (secondary N) is 1. The van der Waals surface area contributed by atoms with E-state index in [0.717, 1.165) is 10.1 Å². The maximum Gasteiger partial charge on any atom is 0.205 e. The predicted octanol–water partition coefficient (Wildman–Crippen LogP) is 2.18. The Kier molecular flexibility index (Phi) is 4.40. The quantitative estimate of drug-likeness (QED) is 0.875. The van der Waals surface area contributed by atoms with Crippen molar-refractivity contribution in [2.45, 2.75) is 6.61 Å². The van der Waals surface area contributed by atoms with Crippen LogP contribution in [0.15, 0.2) is 18.2 Å². The number of benzene rings is 1. The van der Waals surface area contributed by atoms with Crippen LogP contribution in [0.5, 0.6) is 17.2 Å². The summed E-state index contributed by atoms with van der Waals surface area (Å²) in [5, 5.41) is 12.4. The SMILES string of the molecule is CNc1nnc(COc2cc(OC)cc(OC)c2)s1. The van der Waals surface area contributed by atoms with E-state index in [9.17, 15) is 0 Å². The van der Waals surface area contributed by atoms with Gasteiger partial charge in [0.2, 0.25) is 5.13 Å². The lowest BCUT2D eigenvalue weighted by atomic mass is 10.3. The molecule has 0 radical (unpaired) electrons. The molecule has 2 rings (SSSR count). The summed E-state index contributed by atoms with van der Waals surface area (Å²) in [5.74, 6) is 2.03. The molecule has 1 aromatic carbocycles. The molecule has 102 valence electrons. The summed E-state index contributed by atoms with van der Waals surface area (Å²) in [6.45, 7) is 0.357. The maximum absolute atomic E-state index is 5.66. The van der Waals surface area contributed by atoms with E-state index in [1.54, 1.807) is 39.5 Å². The van der Waals surface area contributed by atoms with Gasteiger partial charge in [-0.3, -0.25) is 0 Å². The average molecular weight is 281 g/mol. The first-order valence-corrected chi connectivity index (χ1v) is 6.43. The van der Waals surface area contributed by atoms with Gasteiger partial charge in [-0.15, -0.1) is 10.2 Å². The van der Waals surface area contributed by atoms with Gasteiger partial charge in [-0.25, -0.2) is 0 Å². The smallest absolute Gasteiger partial charge is 0.205 e. The lowest BCUT2D eigenvalue weighted by molar-refractivity contribution is 0.299. The van der Waals surface area contributed by atoms with Crippen LogP contribution in [0.3, 0.4) is 0 Å². The standard InChI is InChI=1S/C12H15N3O3S/c1-13-12-15-14-11(19-12)7-18-10-5-8(16-2)4-9(6-10)17-3/h4-6H,7H2,1-3H3,(H,13,15). The summed E-state index contributed by atoms with van der Waals surface area (Å²) in [6, 6.07) is 5.38. The second-order valence-corrected chi connectivity index (χ2v) is 4.65. The van der Waals surface area contributed by atoms with Crippen molar-refractivity contribution in [2.75, 3.05) is 26.6 Å². The van der Waals surface area contributed by atoms with Gasteiger partial charge < -0.3 is 19.5 Å². The molecule has 0 saturated heterocycles. The molecule has 0 spiro atoms. The second kappa shape index (κ2) is 6.24. The van der Waals surface area contributed by atoms with E-state index >= 15 is 0 Å². The molecule has 1 N–H and O–H groups in total. The Morgan fingerprint density at radius 2 is 1.68 bits per heavy atom. The number of ether oxygens (including phenoxy) is 3. The van der Waals surface area contributed by atoms with E-state index in [2.05, 4.69) is 15.5 Å². The Labute approximate surface area is 115 Å². The molecule has 7 heteroatoms. The third-order valence-corrected chi connectivity index (χ3v) is 3.28. The molecule has 0 aliphatic carbocycles. The molecular weight excluding hydrogens is 266 g/mol. The van der Waals surface area contributed by atoms with E-state index in [1.807, 2.05) is 0 Å². The van der Waals surface area contributed by atoms with E-state index in [0.29, 0.717) is 23.9 Å². The molecule has 1 heterocycles. The molecule has 0 fully saturated rings. The third kappa shape index (κ3) is 3.47. The first-order valence-electron chi connectivity index (χ1n) is 5.61. The summed E-state index contributed by atoms with van der Waals surface area (Å²) in [7, 11) is 5.00. The Balaban J connectivity index is 2.05. The van der Waals surface area contributed by atoms with Crippen molar-refractivity contribution in [3.8, 4) is 17.2 Å². The number of hydrogen-bond acceptors (Lipinski definition) is 7. The molecular formula is C12H15N3O3S. The molecule has 0 aliphatic heterocycles. The van der Waals surface area contributed by atoms with Crippen LogP contribution in [0.2, 0.25) is 0 Å². The Morgan fingerprint density at radius 1 is 1.05 bits per heavy atom. The van der Waals surface area contributed by atoms with Crippen molar-refractivity contribution in [2.24, 2.45) is 0 Å². The minimum Gasteiger partial charge on any atom is -0.496 e. The number of aromatic nitrogens is 2. The zero-order chi connectivity index (χ0) is 13.7. The molecule has 0 unspecified atom stereocenters. The van der Waals surface area contributed by atoms with Crippen LogP contribution in [0.1, 0.15) is 5.01 Å². The van der Waals surface area contributed by atoms with Gasteiger partial charge in [0.25, 0.3) is 0 Å². The van der Waals surface area contributed by atoms with Crippen molar-refractivity contribution in [3.63, 3.8) is 0 Å². The minimum absolute atomic E-state index is 0.357. The highest BCUT2D eigenvalue weighted by atomic mass is 32.1. The highest BCUT2D eigenvalue weighted by Crippen LogP contribution is 2.28. The lowest BCUT2D eigenvalue weighted by Gasteiger charge is -2.08. The number of anilines is 1. The fraction of sp³-hybridized carbons (Fsp3) is 0.333. The first kappa shape index (κ1) is 13.4. The summed E-state index contributed by atoms with van der Waals surface area (Å²) in [6.07, 6.45) is 0. The summed E-state index contributed by atoms with van der Waals surface area (Å²) >= 11 is 1.45. The molecule has 6 nitrogen and oxygen atoms in total. The van der Waals surface area contributed by atoms with E-state index in [1.165, 1.54) is 11.3 Å². The fourth-order valence-electron chi connectivity index (χ4n) is 1.42. The van der Waals surface area contributed by atoms with Crippen LogP contribution >= 0.6 is 11.3 Å². The molecule has 0 atom stereocenters.